The highest BCUT2D eigenvalue weighted by atomic mass is 19.1. The number of aryl methyl sites for hydroxylation is 1. The molecule has 6 heteroatoms. The number of hydrogen-bond donors (Lipinski definition) is 2. The molecule has 1 aromatic heterocycles. The normalized spacial score (nSPS) is 16.5. The fourth-order valence-electron chi connectivity index (χ4n) is 3.08. The predicted molar refractivity (Wildman–Crippen MR) is 85.5 cm³/mol. The molecule has 2 aromatic rings. The molecule has 3 N–H and O–H groups in total. The SMILES string of the molecule is Cc1nccn1-c1ccc(CNC(=O)C2(N)CCCC2)cc1F. The summed E-state index contributed by atoms with van der Waals surface area (Å²) in [4.78, 5) is 16.3. The molecule has 0 aliphatic heterocycles. The van der Waals surface area contributed by atoms with E-state index in [4.69, 9.17) is 5.73 Å². The topological polar surface area (TPSA) is 72.9 Å². The summed E-state index contributed by atoms with van der Waals surface area (Å²) >= 11 is 0. The first-order chi connectivity index (χ1) is 11.0. The lowest BCUT2D eigenvalue weighted by atomic mass is 9.98. The van der Waals surface area contributed by atoms with Crippen LogP contribution in [-0.2, 0) is 11.3 Å². The van der Waals surface area contributed by atoms with Gasteiger partial charge >= 0.3 is 0 Å². The van der Waals surface area contributed by atoms with Gasteiger partial charge < -0.3 is 15.6 Å². The van der Waals surface area contributed by atoms with Gasteiger partial charge in [0.1, 0.15) is 11.6 Å². The van der Waals surface area contributed by atoms with Crippen LogP contribution in [0.5, 0.6) is 0 Å². The van der Waals surface area contributed by atoms with E-state index in [-0.39, 0.29) is 18.3 Å². The molecule has 0 saturated heterocycles. The summed E-state index contributed by atoms with van der Waals surface area (Å²) in [5, 5.41) is 2.82. The molecule has 0 atom stereocenters. The predicted octanol–water partition coefficient (Wildman–Crippen LogP) is 2.21. The molecule has 1 heterocycles. The van der Waals surface area contributed by atoms with Gasteiger partial charge in [0.2, 0.25) is 5.91 Å². The van der Waals surface area contributed by atoms with Gasteiger partial charge in [-0.05, 0) is 37.5 Å². The second-order valence-corrected chi connectivity index (χ2v) is 6.18. The molecule has 1 aliphatic carbocycles. The number of aromatic nitrogens is 2. The van der Waals surface area contributed by atoms with Crippen LogP contribution in [0.4, 0.5) is 4.39 Å². The van der Waals surface area contributed by atoms with Crippen molar-refractivity contribution in [2.45, 2.75) is 44.7 Å². The van der Waals surface area contributed by atoms with Crippen molar-refractivity contribution in [2.24, 2.45) is 5.73 Å². The first kappa shape index (κ1) is 15.7. The molecular formula is C17H21FN4O. The number of nitrogens with one attached hydrogen (secondary N) is 1. The lowest BCUT2D eigenvalue weighted by Crippen LogP contribution is -2.51. The quantitative estimate of drug-likeness (QED) is 0.908. The average molecular weight is 316 g/mol. The van der Waals surface area contributed by atoms with Gasteiger partial charge in [-0.15, -0.1) is 0 Å². The zero-order valence-electron chi connectivity index (χ0n) is 13.2. The minimum absolute atomic E-state index is 0.148. The Morgan fingerprint density at radius 1 is 1.43 bits per heavy atom. The van der Waals surface area contributed by atoms with E-state index in [1.165, 1.54) is 6.07 Å². The molecule has 3 rings (SSSR count). The number of benzene rings is 1. The molecule has 0 bridgehead atoms. The Morgan fingerprint density at radius 3 is 2.78 bits per heavy atom. The second kappa shape index (κ2) is 6.12. The monoisotopic (exact) mass is 316 g/mol. The summed E-state index contributed by atoms with van der Waals surface area (Å²) in [5.41, 5.74) is 6.50. The van der Waals surface area contributed by atoms with Crippen molar-refractivity contribution in [3.05, 3.63) is 47.8 Å². The maximum atomic E-state index is 14.3. The van der Waals surface area contributed by atoms with Crippen LogP contribution in [0.25, 0.3) is 5.69 Å². The lowest BCUT2D eigenvalue weighted by Gasteiger charge is -2.22. The Balaban J connectivity index is 1.69. The van der Waals surface area contributed by atoms with E-state index in [9.17, 15) is 9.18 Å². The number of rotatable bonds is 4. The van der Waals surface area contributed by atoms with E-state index in [0.717, 1.165) is 18.7 Å². The van der Waals surface area contributed by atoms with Crippen LogP contribution in [0.1, 0.15) is 37.1 Å². The van der Waals surface area contributed by atoms with Crippen LogP contribution in [0, 0.1) is 12.7 Å². The highest BCUT2D eigenvalue weighted by molar-refractivity contribution is 5.86. The van der Waals surface area contributed by atoms with Crippen molar-refractivity contribution in [2.75, 3.05) is 0 Å². The fourth-order valence-corrected chi connectivity index (χ4v) is 3.08. The highest BCUT2D eigenvalue weighted by Gasteiger charge is 2.36. The first-order valence-electron chi connectivity index (χ1n) is 7.85. The zero-order valence-corrected chi connectivity index (χ0v) is 13.2. The number of hydrogen-bond acceptors (Lipinski definition) is 3. The fraction of sp³-hybridized carbons (Fsp3) is 0.412. The highest BCUT2D eigenvalue weighted by Crippen LogP contribution is 2.27. The summed E-state index contributed by atoms with van der Waals surface area (Å²) in [6.07, 6.45) is 6.74. The standard InChI is InChI=1S/C17H21FN4O/c1-12-20-8-9-22(12)15-5-4-13(10-14(15)18)11-21-16(23)17(19)6-2-3-7-17/h4-5,8-10H,2-3,6-7,11,19H2,1H3,(H,21,23). The largest absolute Gasteiger partial charge is 0.350 e. The van der Waals surface area contributed by atoms with E-state index >= 15 is 0 Å². The van der Waals surface area contributed by atoms with Crippen molar-refractivity contribution < 1.29 is 9.18 Å². The third kappa shape index (κ3) is 3.12. The Morgan fingerprint density at radius 2 is 2.17 bits per heavy atom. The van der Waals surface area contributed by atoms with Crippen LogP contribution in [0.2, 0.25) is 0 Å². The minimum atomic E-state index is -0.758. The maximum Gasteiger partial charge on any atom is 0.240 e. The average Bonchev–Trinajstić information content (AvgIpc) is 3.15. The van der Waals surface area contributed by atoms with Crippen LogP contribution < -0.4 is 11.1 Å². The third-order valence-corrected chi connectivity index (χ3v) is 4.50. The number of carbonyl (C=O) groups is 1. The Bertz CT molecular complexity index is 719. The van der Waals surface area contributed by atoms with Gasteiger partial charge in [0.25, 0.3) is 0 Å². The summed E-state index contributed by atoms with van der Waals surface area (Å²) < 4.78 is 16.0. The smallest absolute Gasteiger partial charge is 0.240 e. The molecular weight excluding hydrogens is 295 g/mol. The number of carbonyl (C=O) groups excluding carboxylic acids is 1. The molecule has 1 saturated carbocycles. The molecule has 1 fully saturated rings. The Labute approximate surface area is 134 Å². The van der Waals surface area contributed by atoms with Crippen molar-refractivity contribution in [1.82, 2.24) is 14.9 Å². The number of imidazole rings is 1. The molecule has 0 radical (unpaired) electrons. The second-order valence-electron chi connectivity index (χ2n) is 6.18. The Kier molecular flexibility index (Phi) is 4.17. The van der Waals surface area contributed by atoms with Crippen LogP contribution in [0.3, 0.4) is 0 Å². The van der Waals surface area contributed by atoms with Gasteiger partial charge in [0.15, 0.2) is 0 Å². The Hall–Kier alpha value is -2.21. The molecule has 1 aliphatic rings. The molecule has 5 nitrogen and oxygen atoms in total. The summed E-state index contributed by atoms with van der Waals surface area (Å²) in [6.45, 7) is 2.09. The van der Waals surface area contributed by atoms with E-state index in [0.29, 0.717) is 24.1 Å². The summed E-state index contributed by atoms with van der Waals surface area (Å²) in [6, 6.07) is 4.93. The van der Waals surface area contributed by atoms with Gasteiger partial charge in [0.05, 0.1) is 11.2 Å². The lowest BCUT2D eigenvalue weighted by molar-refractivity contribution is -0.126. The van der Waals surface area contributed by atoms with E-state index < -0.39 is 5.54 Å². The molecule has 0 unspecified atom stereocenters. The summed E-state index contributed by atoms with van der Waals surface area (Å²) in [7, 11) is 0. The van der Waals surface area contributed by atoms with Crippen LogP contribution >= 0.6 is 0 Å². The molecule has 23 heavy (non-hydrogen) atoms. The van der Waals surface area contributed by atoms with Crippen molar-refractivity contribution in [3.8, 4) is 5.69 Å². The summed E-state index contributed by atoms with van der Waals surface area (Å²) in [5.74, 6) is 0.224. The van der Waals surface area contributed by atoms with Crippen LogP contribution in [-0.4, -0.2) is 21.0 Å². The van der Waals surface area contributed by atoms with Gasteiger partial charge in [-0.3, -0.25) is 4.79 Å². The molecule has 1 amide bonds. The van der Waals surface area contributed by atoms with Gasteiger partial charge in [-0.2, -0.15) is 0 Å². The van der Waals surface area contributed by atoms with Gasteiger partial charge in [-0.1, -0.05) is 18.9 Å². The number of halogens is 1. The third-order valence-electron chi connectivity index (χ3n) is 4.50. The van der Waals surface area contributed by atoms with Crippen molar-refractivity contribution in [3.63, 3.8) is 0 Å². The van der Waals surface area contributed by atoms with Crippen LogP contribution in [0.15, 0.2) is 30.6 Å². The van der Waals surface area contributed by atoms with E-state index in [1.54, 1.807) is 29.1 Å². The minimum Gasteiger partial charge on any atom is -0.350 e. The van der Waals surface area contributed by atoms with Gasteiger partial charge in [-0.25, -0.2) is 9.37 Å². The molecule has 0 spiro atoms. The number of nitrogens with zero attached hydrogens (tertiary/aromatic N) is 2. The number of nitrogens with two attached hydrogens (primary N) is 1. The van der Waals surface area contributed by atoms with E-state index in [1.807, 2.05) is 6.92 Å². The van der Waals surface area contributed by atoms with E-state index in [2.05, 4.69) is 10.3 Å². The zero-order chi connectivity index (χ0) is 16.4. The first-order valence-corrected chi connectivity index (χ1v) is 7.85. The maximum absolute atomic E-state index is 14.3. The van der Waals surface area contributed by atoms with Crippen molar-refractivity contribution in [1.29, 1.82) is 0 Å². The molecule has 122 valence electrons. The number of amides is 1. The van der Waals surface area contributed by atoms with Gasteiger partial charge in [0, 0.05) is 18.9 Å². The van der Waals surface area contributed by atoms with Crippen molar-refractivity contribution >= 4 is 5.91 Å². The molecule has 1 aromatic carbocycles.